The zero-order valence-corrected chi connectivity index (χ0v) is 8.59. The van der Waals surface area contributed by atoms with Crippen LogP contribution in [0, 0.1) is 11.7 Å². The van der Waals surface area contributed by atoms with Gasteiger partial charge in [0.1, 0.15) is 5.82 Å². The van der Waals surface area contributed by atoms with Crippen molar-refractivity contribution in [2.45, 2.75) is 18.6 Å². The Bertz CT molecular complexity index is 443. The number of rotatable bonds is 2. The van der Waals surface area contributed by atoms with Crippen molar-refractivity contribution in [1.29, 1.82) is 0 Å². The third kappa shape index (κ3) is 2.75. The van der Waals surface area contributed by atoms with Crippen LogP contribution >= 0.6 is 0 Å². The molecular weight excluding hydrogens is 238 g/mol. The summed E-state index contributed by atoms with van der Waals surface area (Å²) < 4.78 is 49.4. The van der Waals surface area contributed by atoms with Gasteiger partial charge in [0.15, 0.2) is 0 Å². The molecule has 1 amide bonds. The number of amides is 1. The summed E-state index contributed by atoms with van der Waals surface area (Å²) in [6.45, 7) is 0. The van der Waals surface area contributed by atoms with Gasteiger partial charge in [-0.15, -0.1) is 0 Å². The Balaban J connectivity index is 1.96. The van der Waals surface area contributed by atoms with E-state index in [0.717, 1.165) is 12.1 Å². The van der Waals surface area contributed by atoms with Crippen LogP contribution in [-0.4, -0.2) is 18.1 Å². The second-order valence-corrected chi connectivity index (χ2v) is 3.97. The fraction of sp³-hybridized carbons (Fsp3) is 0.364. The smallest absolute Gasteiger partial charge is 0.349 e. The highest BCUT2D eigenvalue weighted by Crippen LogP contribution is 2.44. The molecule has 0 spiro atoms. The first-order chi connectivity index (χ1) is 7.88. The summed E-state index contributed by atoms with van der Waals surface area (Å²) in [6.07, 6.45) is -4.38. The molecule has 2 nitrogen and oxygen atoms in total. The van der Waals surface area contributed by atoms with E-state index in [4.69, 9.17) is 0 Å². The Morgan fingerprint density at radius 3 is 2.59 bits per heavy atom. The molecule has 0 saturated heterocycles. The molecule has 1 saturated carbocycles. The number of hydrogen-bond donors (Lipinski definition) is 1. The van der Waals surface area contributed by atoms with E-state index in [2.05, 4.69) is 5.32 Å². The zero-order valence-electron chi connectivity index (χ0n) is 8.59. The molecule has 1 N–H and O–H groups in total. The molecule has 0 aromatic heterocycles. The summed E-state index contributed by atoms with van der Waals surface area (Å²) >= 11 is 0. The van der Waals surface area contributed by atoms with Crippen LogP contribution in [0.5, 0.6) is 0 Å². The van der Waals surface area contributed by atoms with Gasteiger partial charge in [0.05, 0.1) is 5.92 Å². The molecule has 1 aromatic rings. The van der Waals surface area contributed by atoms with Crippen molar-refractivity contribution in [3.05, 3.63) is 35.6 Å². The second-order valence-electron chi connectivity index (χ2n) is 3.97. The maximum Gasteiger partial charge on any atom is 0.393 e. The predicted octanol–water partition coefficient (Wildman–Crippen LogP) is 2.51. The van der Waals surface area contributed by atoms with Gasteiger partial charge in [0.2, 0.25) is 0 Å². The standard InChI is InChI=1S/C11H9F4NO/c12-7-3-1-2-6(4-7)10(17)16-9-5-8(9)11(13,14)15/h1-4,8-9H,5H2,(H,16,17). The van der Waals surface area contributed by atoms with Gasteiger partial charge in [-0.05, 0) is 24.6 Å². The van der Waals surface area contributed by atoms with Crippen LogP contribution in [0.1, 0.15) is 16.8 Å². The topological polar surface area (TPSA) is 29.1 Å². The van der Waals surface area contributed by atoms with Gasteiger partial charge in [-0.25, -0.2) is 4.39 Å². The minimum Gasteiger partial charge on any atom is -0.349 e. The zero-order chi connectivity index (χ0) is 12.6. The summed E-state index contributed by atoms with van der Waals surface area (Å²) in [4.78, 5) is 11.5. The normalized spacial score (nSPS) is 23.3. The van der Waals surface area contributed by atoms with Crippen molar-refractivity contribution >= 4 is 5.91 Å². The maximum atomic E-state index is 12.8. The van der Waals surface area contributed by atoms with E-state index in [1.165, 1.54) is 12.1 Å². The van der Waals surface area contributed by atoms with Crippen LogP contribution in [0.25, 0.3) is 0 Å². The van der Waals surface area contributed by atoms with Crippen LogP contribution in [0.3, 0.4) is 0 Å². The Morgan fingerprint density at radius 2 is 2.06 bits per heavy atom. The maximum absolute atomic E-state index is 12.8. The van der Waals surface area contributed by atoms with Gasteiger partial charge >= 0.3 is 6.18 Å². The molecule has 2 unspecified atom stereocenters. The van der Waals surface area contributed by atoms with E-state index in [-0.39, 0.29) is 12.0 Å². The highest BCUT2D eigenvalue weighted by atomic mass is 19.4. The largest absolute Gasteiger partial charge is 0.393 e. The molecule has 92 valence electrons. The van der Waals surface area contributed by atoms with Gasteiger partial charge in [-0.2, -0.15) is 13.2 Å². The minimum absolute atomic E-state index is 0.0258. The Hall–Kier alpha value is -1.59. The van der Waals surface area contributed by atoms with E-state index in [1.54, 1.807) is 0 Å². The number of hydrogen-bond acceptors (Lipinski definition) is 1. The number of carbonyl (C=O) groups is 1. The third-order valence-electron chi connectivity index (χ3n) is 2.61. The highest BCUT2D eigenvalue weighted by Gasteiger charge is 2.56. The van der Waals surface area contributed by atoms with Gasteiger partial charge in [0, 0.05) is 11.6 Å². The van der Waals surface area contributed by atoms with Crippen molar-refractivity contribution < 1.29 is 22.4 Å². The Kier molecular flexibility index (Phi) is 2.81. The van der Waals surface area contributed by atoms with Crippen molar-refractivity contribution in [2.75, 3.05) is 0 Å². The number of carbonyl (C=O) groups excluding carboxylic acids is 1. The molecule has 17 heavy (non-hydrogen) atoms. The SMILES string of the molecule is O=C(NC1CC1C(F)(F)F)c1cccc(F)c1. The molecule has 6 heteroatoms. The van der Waals surface area contributed by atoms with Crippen LogP contribution < -0.4 is 5.32 Å². The first-order valence-electron chi connectivity index (χ1n) is 5.01. The predicted molar refractivity (Wildman–Crippen MR) is 51.8 cm³/mol. The van der Waals surface area contributed by atoms with Crippen LogP contribution in [0.15, 0.2) is 24.3 Å². The number of halogens is 4. The van der Waals surface area contributed by atoms with E-state index in [9.17, 15) is 22.4 Å². The lowest BCUT2D eigenvalue weighted by molar-refractivity contribution is -0.148. The monoisotopic (exact) mass is 247 g/mol. The molecular formula is C11H9F4NO. The summed E-state index contributed by atoms with van der Waals surface area (Å²) in [5.41, 5.74) is 0.0258. The van der Waals surface area contributed by atoms with Crippen molar-refractivity contribution in [3.63, 3.8) is 0 Å². The molecule has 0 aliphatic heterocycles. The Labute approximate surface area is 94.6 Å². The van der Waals surface area contributed by atoms with Crippen LogP contribution in [0.4, 0.5) is 17.6 Å². The number of nitrogens with one attached hydrogen (secondary N) is 1. The molecule has 1 aliphatic rings. The molecule has 2 rings (SSSR count). The fourth-order valence-corrected chi connectivity index (χ4v) is 1.60. The summed E-state index contributed by atoms with van der Waals surface area (Å²) in [6, 6.07) is 3.94. The lowest BCUT2D eigenvalue weighted by Gasteiger charge is -2.07. The van der Waals surface area contributed by atoms with E-state index in [0.29, 0.717) is 0 Å². The first-order valence-corrected chi connectivity index (χ1v) is 5.01. The van der Waals surface area contributed by atoms with Gasteiger partial charge in [0.25, 0.3) is 5.91 Å². The van der Waals surface area contributed by atoms with E-state index >= 15 is 0 Å². The van der Waals surface area contributed by atoms with Gasteiger partial charge < -0.3 is 5.32 Å². The lowest BCUT2D eigenvalue weighted by Crippen LogP contribution is -2.29. The lowest BCUT2D eigenvalue weighted by atomic mass is 10.2. The molecule has 0 bridgehead atoms. The highest BCUT2D eigenvalue weighted by molar-refractivity contribution is 5.94. The van der Waals surface area contributed by atoms with Crippen molar-refractivity contribution in [2.24, 2.45) is 5.92 Å². The third-order valence-corrected chi connectivity index (χ3v) is 2.61. The van der Waals surface area contributed by atoms with Gasteiger partial charge in [-0.3, -0.25) is 4.79 Å². The quantitative estimate of drug-likeness (QED) is 0.799. The van der Waals surface area contributed by atoms with Crippen molar-refractivity contribution in [1.82, 2.24) is 5.32 Å². The molecule has 1 aromatic carbocycles. The van der Waals surface area contributed by atoms with Crippen LogP contribution in [-0.2, 0) is 0 Å². The molecule has 1 aliphatic carbocycles. The molecule has 0 radical (unpaired) electrons. The molecule has 2 atom stereocenters. The van der Waals surface area contributed by atoms with E-state index in [1.807, 2.05) is 0 Å². The molecule has 0 heterocycles. The summed E-state index contributed by atoms with van der Waals surface area (Å²) in [5, 5.41) is 2.23. The first kappa shape index (κ1) is 11.9. The van der Waals surface area contributed by atoms with Gasteiger partial charge in [-0.1, -0.05) is 6.07 Å². The number of alkyl halides is 3. The second kappa shape index (κ2) is 4.01. The average molecular weight is 247 g/mol. The summed E-state index contributed by atoms with van der Waals surface area (Å²) in [7, 11) is 0. The Morgan fingerprint density at radius 1 is 1.35 bits per heavy atom. The van der Waals surface area contributed by atoms with E-state index < -0.39 is 29.9 Å². The average Bonchev–Trinajstić information content (AvgIpc) is 2.96. The summed E-state index contributed by atoms with van der Waals surface area (Å²) in [5.74, 6) is -2.75. The minimum atomic E-state index is -4.28. The van der Waals surface area contributed by atoms with Crippen molar-refractivity contribution in [3.8, 4) is 0 Å². The number of benzene rings is 1. The van der Waals surface area contributed by atoms with Crippen LogP contribution in [0.2, 0.25) is 0 Å². The molecule has 1 fully saturated rings. The fourth-order valence-electron chi connectivity index (χ4n) is 1.60.